The number of nitrogens with zero attached hydrogens (tertiary/aromatic N) is 3. The minimum Gasteiger partial charge on any atom is -0.352 e. The van der Waals surface area contributed by atoms with Gasteiger partial charge in [-0.3, -0.25) is 4.79 Å². The van der Waals surface area contributed by atoms with Gasteiger partial charge < -0.3 is 5.32 Å². The highest BCUT2D eigenvalue weighted by molar-refractivity contribution is 5.96. The van der Waals surface area contributed by atoms with E-state index in [0.717, 1.165) is 23.9 Å². The molecule has 0 spiro atoms. The monoisotopic (exact) mass is 260 g/mol. The van der Waals surface area contributed by atoms with Gasteiger partial charge in [-0.1, -0.05) is 13.3 Å². The lowest BCUT2D eigenvalue weighted by molar-refractivity contribution is 0.0953. The Morgan fingerprint density at radius 1 is 1.42 bits per heavy atom. The van der Waals surface area contributed by atoms with Crippen LogP contribution in [0.3, 0.4) is 0 Å². The van der Waals surface area contributed by atoms with Crippen molar-refractivity contribution in [1.82, 2.24) is 20.1 Å². The zero-order valence-electron chi connectivity index (χ0n) is 11.7. The Labute approximate surface area is 113 Å². The number of hydrogen-bond donors (Lipinski definition) is 1. The van der Waals surface area contributed by atoms with Crippen LogP contribution in [0, 0.1) is 0 Å². The summed E-state index contributed by atoms with van der Waals surface area (Å²) >= 11 is 0. The van der Waals surface area contributed by atoms with E-state index in [2.05, 4.69) is 36.2 Å². The van der Waals surface area contributed by atoms with E-state index in [0.29, 0.717) is 12.1 Å². The molecule has 0 bridgehead atoms. The molecule has 0 aliphatic rings. The van der Waals surface area contributed by atoms with Crippen molar-refractivity contribution in [2.24, 2.45) is 0 Å². The standard InChI is InChI=1S/C14H20N4O/c1-4-5-6-15-14(19)12-7-11-9-17-18(10(2)3)13(11)16-8-12/h7-10H,4-6H2,1-3H3,(H,15,19). The Balaban J connectivity index is 2.20. The highest BCUT2D eigenvalue weighted by Crippen LogP contribution is 2.16. The molecule has 2 aromatic rings. The number of hydrogen-bond acceptors (Lipinski definition) is 3. The maximum Gasteiger partial charge on any atom is 0.252 e. The number of pyridine rings is 1. The molecular weight excluding hydrogens is 240 g/mol. The van der Waals surface area contributed by atoms with Crippen LogP contribution in [0.25, 0.3) is 11.0 Å². The van der Waals surface area contributed by atoms with Crippen molar-refractivity contribution in [3.63, 3.8) is 0 Å². The third kappa shape index (κ3) is 2.92. The van der Waals surface area contributed by atoms with Crippen LogP contribution in [0.2, 0.25) is 0 Å². The van der Waals surface area contributed by atoms with Gasteiger partial charge in [-0.05, 0) is 26.3 Å². The molecule has 5 nitrogen and oxygen atoms in total. The molecule has 2 rings (SSSR count). The van der Waals surface area contributed by atoms with Gasteiger partial charge in [0, 0.05) is 24.2 Å². The van der Waals surface area contributed by atoms with Crippen molar-refractivity contribution in [2.45, 2.75) is 39.7 Å². The average Bonchev–Trinajstić information content (AvgIpc) is 2.81. The SMILES string of the molecule is CCCCNC(=O)c1cnc2c(cnn2C(C)C)c1. The van der Waals surface area contributed by atoms with E-state index in [9.17, 15) is 4.79 Å². The van der Waals surface area contributed by atoms with Gasteiger partial charge in [0.05, 0.1) is 11.8 Å². The number of fused-ring (bicyclic) bond motifs is 1. The van der Waals surface area contributed by atoms with E-state index in [1.54, 1.807) is 12.4 Å². The maximum atomic E-state index is 11.9. The summed E-state index contributed by atoms with van der Waals surface area (Å²) in [5, 5.41) is 8.08. The van der Waals surface area contributed by atoms with Gasteiger partial charge in [0.1, 0.15) is 0 Å². The van der Waals surface area contributed by atoms with E-state index in [-0.39, 0.29) is 11.9 Å². The summed E-state index contributed by atoms with van der Waals surface area (Å²) < 4.78 is 1.86. The molecule has 102 valence electrons. The van der Waals surface area contributed by atoms with Gasteiger partial charge in [0.25, 0.3) is 5.91 Å². The molecule has 0 fully saturated rings. The van der Waals surface area contributed by atoms with Crippen LogP contribution in [-0.4, -0.2) is 27.2 Å². The number of carbonyl (C=O) groups excluding carboxylic acids is 1. The molecule has 19 heavy (non-hydrogen) atoms. The molecule has 0 aromatic carbocycles. The number of carbonyl (C=O) groups is 1. The number of nitrogens with one attached hydrogen (secondary N) is 1. The molecule has 5 heteroatoms. The van der Waals surface area contributed by atoms with Crippen molar-refractivity contribution in [1.29, 1.82) is 0 Å². The third-order valence-corrected chi connectivity index (χ3v) is 3.00. The van der Waals surface area contributed by atoms with Crippen LogP contribution in [0.5, 0.6) is 0 Å². The summed E-state index contributed by atoms with van der Waals surface area (Å²) in [5.74, 6) is -0.0693. The van der Waals surface area contributed by atoms with Crippen LogP contribution in [-0.2, 0) is 0 Å². The van der Waals surface area contributed by atoms with Gasteiger partial charge in [0.2, 0.25) is 0 Å². The van der Waals surface area contributed by atoms with Gasteiger partial charge >= 0.3 is 0 Å². The molecule has 2 aromatic heterocycles. The van der Waals surface area contributed by atoms with E-state index in [4.69, 9.17) is 0 Å². The molecule has 0 saturated carbocycles. The van der Waals surface area contributed by atoms with Crippen molar-refractivity contribution in [3.8, 4) is 0 Å². The minimum atomic E-state index is -0.0693. The summed E-state index contributed by atoms with van der Waals surface area (Å²) in [4.78, 5) is 16.3. The summed E-state index contributed by atoms with van der Waals surface area (Å²) in [6.07, 6.45) is 5.43. The maximum absolute atomic E-state index is 11.9. The Kier molecular flexibility index (Phi) is 4.14. The zero-order chi connectivity index (χ0) is 13.8. The lowest BCUT2D eigenvalue weighted by atomic mass is 10.2. The molecule has 0 saturated heterocycles. The summed E-state index contributed by atoms with van der Waals surface area (Å²) in [6.45, 7) is 6.91. The second-order valence-electron chi connectivity index (χ2n) is 4.93. The van der Waals surface area contributed by atoms with Crippen molar-refractivity contribution >= 4 is 16.9 Å². The second kappa shape index (κ2) is 5.82. The fourth-order valence-corrected chi connectivity index (χ4v) is 1.92. The Morgan fingerprint density at radius 3 is 2.89 bits per heavy atom. The van der Waals surface area contributed by atoms with Crippen LogP contribution >= 0.6 is 0 Å². The highest BCUT2D eigenvalue weighted by atomic mass is 16.1. The molecule has 0 aliphatic heterocycles. The van der Waals surface area contributed by atoms with Gasteiger partial charge in [-0.15, -0.1) is 0 Å². The van der Waals surface area contributed by atoms with Crippen molar-refractivity contribution in [2.75, 3.05) is 6.54 Å². The number of rotatable bonds is 5. The molecule has 0 unspecified atom stereocenters. The first-order chi connectivity index (χ1) is 9.13. The van der Waals surface area contributed by atoms with E-state index >= 15 is 0 Å². The predicted octanol–water partition coefficient (Wildman–Crippen LogP) is 2.54. The molecule has 0 atom stereocenters. The molecule has 0 aliphatic carbocycles. The molecule has 1 N–H and O–H groups in total. The van der Waals surface area contributed by atoms with Crippen molar-refractivity contribution in [3.05, 3.63) is 24.0 Å². The molecule has 2 heterocycles. The topological polar surface area (TPSA) is 59.8 Å². The van der Waals surface area contributed by atoms with E-state index < -0.39 is 0 Å². The van der Waals surface area contributed by atoms with Crippen LogP contribution in [0.15, 0.2) is 18.5 Å². The summed E-state index contributed by atoms with van der Waals surface area (Å²) in [7, 11) is 0. The summed E-state index contributed by atoms with van der Waals surface area (Å²) in [6, 6.07) is 2.10. The van der Waals surface area contributed by atoms with E-state index in [1.807, 2.05) is 10.7 Å². The smallest absolute Gasteiger partial charge is 0.252 e. The molecular formula is C14H20N4O. The van der Waals surface area contributed by atoms with Crippen LogP contribution in [0.1, 0.15) is 50.0 Å². The Hall–Kier alpha value is -1.91. The zero-order valence-corrected chi connectivity index (χ0v) is 11.7. The van der Waals surface area contributed by atoms with Crippen LogP contribution < -0.4 is 5.32 Å². The normalized spacial score (nSPS) is 11.2. The molecule has 0 radical (unpaired) electrons. The first kappa shape index (κ1) is 13.5. The lowest BCUT2D eigenvalue weighted by Crippen LogP contribution is -2.24. The largest absolute Gasteiger partial charge is 0.352 e. The average molecular weight is 260 g/mol. The number of aromatic nitrogens is 3. The highest BCUT2D eigenvalue weighted by Gasteiger charge is 2.11. The molecule has 1 amide bonds. The van der Waals surface area contributed by atoms with Gasteiger partial charge in [0.15, 0.2) is 5.65 Å². The first-order valence-corrected chi connectivity index (χ1v) is 6.75. The van der Waals surface area contributed by atoms with Gasteiger partial charge in [-0.2, -0.15) is 5.10 Å². The fourth-order valence-electron chi connectivity index (χ4n) is 1.92. The van der Waals surface area contributed by atoms with E-state index in [1.165, 1.54) is 0 Å². The third-order valence-electron chi connectivity index (χ3n) is 3.00. The second-order valence-corrected chi connectivity index (χ2v) is 4.93. The number of unbranched alkanes of at least 4 members (excludes halogenated alkanes) is 1. The quantitative estimate of drug-likeness (QED) is 0.840. The Bertz CT molecular complexity index is 574. The first-order valence-electron chi connectivity index (χ1n) is 6.75. The minimum absolute atomic E-state index is 0.0693. The summed E-state index contributed by atoms with van der Waals surface area (Å²) in [5.41, 5.74) is 1.41. The predicted molar refractivity (Wildman–Crippen MR) is 75.2 cm³/mol. The Morgan fingerprint density at radius 2 is 2.21 bits per heavy atom. The fraction of sp³-hybridized carbons (Fsp3) is 0.500. The van der Waals surface area contributed by atoms with Gasteiger partial charge in [-0.25, -0.2) is 9.67 Å². The number of amides is 1. The van der Waals surface area contributed by atoms with Crippen LogP contribution in [0.4, 0.5) is 0 Å². The lowest BCUT2D eigenvalue weighted by Gasteiger charge is -2.07. The van der Waals surface area contributed by atoms with Crippen molar-refractivity contribution < 1.29 is 4.79 Å².